The van der Waals surface area contributed by atoms with Crippen LogP contribution in [0.25, 0.3) is 0 Å². The topological polar surface area (TPSA) is 90.5 Å². The quantitative estimate of drug-likeness (QED) is 0.102. The molecule has 0 spiro atoms. The van der Waals surface area contributed by atoms with Crippen LogP contribution in [-0.2, 0) is 9.59 Å². The lowest BCUT2D eigenvalue weighted by atomic mass is 9.85. The molecule has 10 heteroatoms. The zero-order valence-electron chi connectivity index (χ0n) is 24.0. The molecule has 2 amide bonds. The lowest BCUT2D eigenvalue weighted by Gasteiger charge is -2.21. The van der Waals surface area contributed by atoms with Crippen molar-refractivity contribution in [3.8, 4) is 0 Å². The van der Waals surface area contributed by atoms with Gasteiger partial charge in [-0.15, -0.1) is 0 Å². The highest BCUT2D eigenvalue weighted by Crippen LogP contribution is 2.37. The van der Waals surface area contributed by atoms with Crippen molar-refractivity contribution in [2.45, 2.75) is 65.7 Å². The highest BCUT2D eigenvalue weighted by Gasteiger charge is 2.30. The van der Waals surface area contributed by atoms with Crippen molar-refractivity contribution in [3.63, 3.8) is 0 Å². The molecule has 0 saturated carbocycles. The molecule has 1 aliphatic rings. The summed E-state index contributed by atoms with van der Waals surface area (Å²) in [6, 6.07) is 2.75. The van der Waals surface area contributed by atoms with Gasteiger partial charge in [-0.3, -0.25) is 9.59 Å². The van der Waals surface area contributed by atoms with Crippen molar-refractivity contribution < 1.29 is 23.5 Å². The predicted octanol–water partition coefficient (Wildman–Crippen LogP) is 7.24. The van der Waals surface area contributed by atoms with Gasteiger partial charge in [0.1, 0.15) is 11.6 Å². The summed E-state index contributed by atoms with van der Waals surface area (Å²) in [6.07, 6.45) is 10.1. The molecule has 1 saturated heterocycles. The number of carbonyl (C=O) groups is 2. The number of aliphatic hydroxyl groups is 1. The fraction of sp³-hybridized carbons (Fsp3) is 0.533. The van der Waals surface area contributed by atoms with Gasteiger partial charge in [0.05, 0.1) is 10.1 Å². The van der Waals surface area contributed by atoms with Crippen LogP contribution in [0.5, 0.6) is 0 Å². The summed E-state index contributed by atoms with van der Waals surface area (Å²) in [5.74, 6) is -1.03. The van der Waals surface area contributed by atoms with Crippen LogP contribution in [0.1, 0.15) is 71.3 Å². The molecule has 2 atom stereocenters. The van der Waals surface area contributed by atoms with E-state index in [0.717, 1.165) is 32.2 Å². The van der Waals surface area contributed by atoms with Gasteiger partial charge in [0.25, 0.3) is 0 Å². The molecule has 0 bridgehead atoms. The first-order chi connectivity index (χ1) is 18.9. The number of carbonyl (C=O) groups excluding carboxylic acids is 2. The molecule has 6 nitrogen and oxygen atoms in total. The number of halogens is 4. The number of rotatable bonds is 14. The fourth-order valence-corrected chi connectivity index (χ4v) is 3.90. The molecule has 40 heavy (non-hydrogen) atoms. The van der Waals surface area contributed by atoms with Crippen molar-refractivity contribution in [2.24, 2.45) is 11.3 Å². The monoisotopic (exact) mass is 603 g/mol. The van der Waals surface area contributed by atoms with E-state index in [0.29, 0.717) is 49.0 Å². The van der Waals surface area contributed by atoms with Crippen molar-refractivity contribution >= 4 is 41.7 Å². The van der Waals surface area contributed by atoms with E-state index in [-0.39, 0.29) is 28.5 Å². The molecule has 0 aliphatic carbocycles. The molecular weight excluding hydrogens is 559 g/mol. The van der Waals surface area contributed by atoms with Gasteiger partial charge in [-0.2, -0.15) is 0 Å². The molecule has 1 heterocycles. The van der Waals surface area contributed by atoms with Gasteiger partial charge in [0.2, 0.25) is 12.8 Å². The lowest BCUT2D eigenvalue weighted by Crippen LogP contribution is -2.13. The van der Waals surface area contributed by atoms with Gasteiger partial charge in [-0.1, -0.05) is 76.4 Å². The Morgan fingerprint density at radius 1 is 1.15 bits per heavy atom. The summed E-state index contributed by atoms with van der Waals surface area (Å²) >= 11 is 11.5. The number of nitrogens with one attached hydrogen (secondary N) is 3. The normalized spacial score (nSPS) is 17.1. The van der Waals surface area contributed by atoms with E-state index in [2.05, 4.69) is 50.2 Å². The molecule has 2 rings (SSSR count). The summed E-state index contributed by atoms with van der Waals surface area (Å²) in [5, 5.41) is 16.7. The van der Waals surface area contributed by atoms with E-state index >= 15 is 0 Å². The molecule has 1 aliphatic heterocycles. The summed E-state index contributed by atoms with van der Waals surface area (Å²) in [6.45, 7) is 14.5. The summed E-state index contributed by atoms with van der Waals surface area (Å²) < 4.78 is 27.5. The van der Waals surface area contributed by atoms with Crippen molar-refractivity contribution in [1.82, 2.24) is 10.6 Å². The number of aliphatic hydroxyl groups excluding tert-OH is 1. The Labute approximate surface area is 248 Å². The van der Waals surface area contributed by atoms with Crippen LogP contribution >= 0.6 is 23.2 Å². The fourth-order valence-electron chi connectivity index (χ4n) is 3.68. The Morgan fingerprint density at radius 3 is 2.38 bits per heavy atom. The number of benzene rings is 1. The minimum absolute atomic E-state index is 0.0409. The highest BCUT2D eigenvalue weighted by molar-refractivity contribution is 6.31. The SMILES string of the molecule is C=C/C(Cl)=C(F)\C=C/C[C@H]1CNC[C@H]1c1cc(F)c(Cl)cc1NC=O.CC(C)(C)C.O=CNCCCCCCO. The van der Waals surface area contributed by atoms with Crippen LogP contribution in [0.4, 0.5) is 14.5 Å². The third-order valence-corrected chi connectivity index (χ3v) is 6.09. The Kier molecular flexibility index (Phi) is 20.3. The Morgan fingerprint density at radius 2 is 1.80 bits per heavy atom. The second kappa shape index (κ2) is 21.5. The number of unbranched alkanes of at least 4 members (excludes halogenated alkanes) is 3. The van der Waals surface area contributed by atoms with Crippen LogP contribution in [0.3, 0.4) is 0 Å². The molecule has 0 unspecified atom stereocenters. The third kappa shape index (κ3) is 17.4. The van der Waals surface area contributed by atoms with E-state index in [1.807, 2.05) is 0 Å². The molecule has 0 aromatic heterocycles. The van der Waals surface area contributed by atoms with Crippen LogP contribution < -0.4 is 16.0 Å². The summed E-state index contributed by atoms with van der Waals surface area (Å²) in [7, 11) is 0. The number of allylic oxidation sites excluding steroid dienone is 5. The molecule has 226 valence electrons. The Bertz CT molecular complexity index is 960. The minimum Gasteiger partial charge on any atom is -0.396 e. The van der Waals surface area contributed by atoms with Gasteiger partial charge >= 0.3 is 0 Å². The molecular formula is C30H45Cl2F2N3O3. The average molecular weight is 605 g/mol. The molecule has 4 N–H and O–H groups in total. The van der Waals surface area contributed by atoms with Crippen molar-refractivity contribution in [3.05, 3.63) is 64.2 Å². The second-order valence-electron chi connectivity index (χ2n) is 10.9. The second-order valence-corrected chi connectivity index (χ2v) is 11.7. The van der Waals surface area contributed by atoms with Gasteiger partial charge in [0, 0.05) is 31.3 Å². The van der Waals surface area contributed by atoms with Crippen LogP contribution in [0.15, 0.2) is 47.8 Å². The highest BCUT2D eigenvalue weighted by atomic mass is 35.5. The number of anilines is 1. The first-order valence-electron chi connectivity index (χ1n) is 13.4. The maximum atomic E-state index is 13.9. The largest absolute Gasteiger partial charge is 0.396 e. The molecule has 1 fully saturated rings. The first-order valence-corrected chi connectivity index (χ1v) is 14.2. The van der Waals surface area contributed by atoms with Gasteiger partial charge in [0.15, 0.2) is 0 Å². The van der Waals surface area contributed by atoms with Crippen LogP contribution in [-0.4, -0.2) is 44.2 Å². The summed E-state index contributed by atoms with van der Waals surface area (Å²) in [5.41, 5.74) is 1.64. The zero-order chi connectivity index (χ0) is 30.6. The smallest absolute Gasteiger partial charge is 0.211 e. The minimum atomic E-state index is -0.556. The van der Waals surface area contributed by atoms with Gasteiger partial charge in [-0.05, 0) is 67.0 Å². The van der Waals surface area contributed by atoms with Gasteiger partial charge < -0.3 is 21.1 Å². The third-order valence-electron chi connectivity index (χ3n) is 5.47. The van der Waals surface area contributed by atoms with E-state index in [1.54, 1.807) is 6.08 Å². The number of hydrogen-bond acceptors (Lipinski definition) is 4. The standard InChI is InChI=1S/C18H18Cl2F2N2O.C7H15NO2.C5H12/c1-2-14(19)16(21)5-3-4-11-8-23-9-13(11)12-6-17(22)15(20)7-18(12)24-10-25;9-6-4-2-1-3-5-8-7-10;1-5(2,3)4/h2-3,5-7,10-11,13,23H,1,4,8-9H2,(H,24,25);7,9H,1-6H2,(H,8,10);1-4H3/b5-3-,16-14-;;/t11-,13+;;/m0../s1. The van der Waals surface area contributed by atoms with Crippen LogP contribution in [0, 0.1) is 17.2 Å². The molecule has 1 aromatic carbocycles. The Balaban J connectivity index is 0.000000838. The maximum absolute atomic E-state index is 13.9. The van der Waals surface area contributed by atoms with Crippen molar-refractivity contribution in [1.29, 1.82) is 0 Å². The predicted molar refractivity (Wildman–Crippen MR) is 163 cm³/mol. The zero-order valence-corrected chi connectivity index (χ0v) is 25.6. The first kappa shape index (κ1) is 37.7. The molecule has 1 aromatic rings. The van der Waals surface area contributed by atoms with E-state index < -0.39 is 11.6 Å². The molecule has 0 radical (unpaired) electrons. The lowest BCUT2D eigenvalue weighted by molar-refractivity contribution is -0.109. The van der Waals surface area contributed by atoms with E-state index in [1.165, 1.54) is 24.3 Å². The number of amides is 2. The van der Waals surface area contributed by atoms with E-state index in [9.17, 15) is 18.4 Å². The van der Waals surface area contributed by atoms with Gasteiger partial charge in [-0.25, -0.2) is 8.78 Å². The van der Waals surface area contributed by atoms with Crippen molar-refractivity contribution in [2.75, 3.05) is 31.6 Å². The maximum Gasteiger partial charge on any atom is 0.211 e. The van der Waals surface area contributed by atoms with E-state index in [4.69, 9.17) is 28.3 Å². The van der Waals surface area contributed by atoms with Crippen LogP contribution in [0.2, 0.25) is 5.02 Å². The Hall–Kier alpha value is -2.26. The average Bonchev–Trinajstić information content (AvgIpc) is 3.35. The summed E-state index contributed by atoms with van der Waals surface area (Å²) in [4.78, 5) is 20.6. The number of hydrogen-bond donors (Lipinski definition) is 4.